The zero-order valence-corrected chi connectivity index (χ0v) is 11.5. The predicted octanol–water partition coefficient (Wildman–Crippen LogP) is -0.617. The topological polar surface area (TPSA) is 122 Å². The molecule has 1 aromatic heterocycles. The van der Waals surface area contributed by atoms with E-state index >= 15 is 0 Å². The van der Waals surface area contributed by atoms with Gasteiger partial charge < -0.3 is 21.5 Å². The average molecular weight is 297 g/mol. The number of aliphatic hydroxyl groups is 1. The van der Waals surface area contributed by atoms with Crippen LogP contribution in [0, 0.1) is 0 Å². The summed E-state index contributed by atoms with van der Waals surface area (Å²) in [5, 5.41) is 13.6. The third-order valence-corrected chi connectivity index (χ3v) is 4.21. The molecule has 0 fully saturated rings. The van der Waals surface area contributed by atoms with Crippen molar-refractivity contribution in [1.29, 1.82) is 0 Å². The Kier molecular flexibility index (Phi) is 4.35. The number of amides is 3. The Hall–Kier alpha value is -1.93. The highest BCUT2D eigenvalue weighted by molar-refractivity contribution is 7.17. The Labute approximate surface area is 119 Å². The summed E-state index contributed by atoms with van der Waals surface area (Å²) in [6, 6.07) is 0. The van der Waals surface area contributed by atoms with Crippen LogP contribution in [0.25, 0.3) is 0 Å². The number of rotatable bonds is 4. The van der Waals surface area contributed by atoms with Gasteiger partial charge in [-0.25, -0.2) is 0 Å². The van der Waals surface area contributed by atoms with Crippen LogP contribution in [-0.4, -0.2) is 36.0 Å². The quantitative estimate of drug-likeness (QED) is 0.553. The van der Waals surface area contributed by atoms with E-state index in [1.165, 1.54) is 11.3 Å². The third kappa shape index (κ3) is 2.81. The van der Waals surface area contributed by atoms with Crippen molar-refractivity contribution in [2.24, 2.45) is 5.73 Å². The molecule has 0 spiro atoms. The van der Waals surface area contributed by atoms with Crippen LogP contribution in [0.15, 0.2) is 0 Å². The number of nitrogens with one attached hydrogen (secondary N) is 2. The van der Waals surface area contributed by atoms with Crippen molar-refractivity contribution in [2.75, 3.05) is 18.5 Å². The van der Waals surface area contributed by atoms with Crippen molar-refractivity contribution < 1.29 is 19.5 Å². The Morgan fingerprint density at radius 1 is 1.25 bits per heavy atom. The van der Waals surface area contributed by atoms with Gasteiger partial charge in [0.2, 0.25) is 0 Å². The highest BCUT2D eigenvalue weighted by Crippen LogP contribution is 2.38. The lowest BCUT2D eigenvalue weighted by atomic mass is 10.1. The van der Waals surface area contributed by atoms with Crippen molar-refractivity contribution >= 4 is 34.1 Å². The second-order valence-corrected chi connectivity index (χ2v) is 5.46. The first-order valence-corrected chi connectivity index (χ1v) is 7.00. The van der Waals surface area contributed by atoms with E-state index in [4.69, 9.17) is 10.8 Å². The fourth-order valence-corrected chi connectivity index (χ4v) is 3.45. The molecule has 0 unspecified atom stereocenters. The van der Waals surface area contributed by atoms with Crippen molar-refractivity contribution in [3.63, 3.8) is 0 Å². The first-order valence-electron chi connectivity index (χ1n) is 6.19. The number of carbonyl (C=O) groups excluding carboxylic acids is 3. The van der Waals surface area contributed by atoms with Crippen LogP contribution < -0.4 is 16.4 Å². The lowest BCUT2D eigenvalue weighted by molar-refractivity contribution is -0.136. The molecule has 7 nitrogen and oxygen atoms in total. The Morgan fingerprint density at radius 3 is 2.65 bits per heavy atom. The van der Waals surface area contributed by atoms with Crippen molar-refractivity contribution in [1.82, 2.24) is 5.32 Å². The van der Waals surface area contributed by atoms with Gasteiger partial charge in [0.05, 0.1) is 12.2 Å². The molecule has 5 N–H and O–H groups in total. The maximum Gasteiger partial charge on any atom is 0.314 e. The van der Waals surface area contributed by atoms with Crippen molar-refractivity contribution in [2.45, 2.75) is 19.3 Å². The number of hydrogen-bond donors (Lipinski definition) is 4. The van der Waals surface area contributed by atoms with Gasteiger partial charge >= 0.3 is 11.8 Å². The first-order chi connectivity index (χ1) is 9.54. The Bertz CT molecular complexity index is 567. The largest absolute Gasteiger partial charge is 0.395 e. The summed E-state index contributed by atoms with van der Waals surface area (Å²) in [7, 11) is 0. The van der Waals surface area contributed by atoms with Crippen LogP contribution >= 0.6 is 11.3 Å². The minimum atomic E-state index is -0.874. The lowest BCUT2D eigenvalue weighted by Gasteiger charge is -2.06. The second kappa shape index (κ2) is 6.02. The van der Waals surface area contributed by atoms with Gasteiger partial charge in [0.25, 0.3) is 5.91 Å². The van der Waals surface area contributed by atoms with Crippen LogP contribution in [0.2, 0.25) is 0 Å². The Balaban J connectivity index is 2.16. The molecule has 0 aromatic carbocycles. The standard InChI is InChI=1S/C12H15N3O4S/c13-9(17)8-6-2-1-3-7(6)20-12(8)15-11(19)10(18)14-4-5-16/h16H,1-5H2,(H2,13,17)(H,14,18)(H,15,19). The molecule has 108 valence electrons. The zero-order chi connectivity index (χ0) is 14.7. The van der Waals surface area contributed by atoms with Gasteiger partial charge in [0.15, 0.2) is 0 Å². The van der Waals surface area contributed by atoms with Gasteiger partial charge in [0.1, 0.15) is 5.00 Å². The van der Waals surface area contributed by atoms with Crippen LogP contribution in [0.5, 0.6) is 0 Å². The van der Waals surface area contributed by atoms with Crippen molar-refractivity contribution in [3.05, 3.63) is 16.0 Å². The molecule has 2 rings (SSSR count). The number of aryl methyl sites for hydroxylation is 1. The van der Waals surface area contributed by atoms with E-state index in [0.29, 0.717) is 10.6 Å². The minimum Gasteiger partial charge on any atom is -0.395 e. The number of nitrogens with two attached hydrogens (primary N) is 1. The SMILES string of the molecule is NC(=O)c1c(NC(=O)C(=O)NCCO)sc2c1CCC2. The number of carbonyl (C=O) groups is 3. The molecule has 1 heterocycles. The fraction of sp³-hybridized carbons (Fsp3) is 0.417. The van der Waals surface area contributed by atoms with E-state index in [2.05, 4.69) is 10.6 Å². The molecule has 0 radical (unpaired) electrons. The van der Waals surface area contributed by atoms with Crippen molar-refractivity contribution in [3.8, 4) is 0 Å². The summed E-state index contributed by atoms with van der Waals surface area (Å²) in [6.45, 7) is -0.255. The number of hydrogen-bond acceptors (Lipinski definition) is 5. The molecule has 0 atom stereocenters. The second-order valence-electron chi connectivity index (χ2n) is 4.36. The summed E-state index contributed by atoms with van der Waals surface area (Å²) in [5.74, 6) is -2.33. The molecule has 8 heteroatoms. The third-order valence-electron chi connectivity index (χ3n) is 3.00. The normalized spacial score (nSPS) is 12.8. The summed E-state index contributed by atoms with van der Waals surface area (Å²) in [4.78, 5) is 35.6. The number of anilines is 1. The molecule has 0 saturated carbocycles. The molecule has 1 aliphatic rings. The average Bonchev–Trinajstić information content (AvgIpc) is 2.95. The summed E-state index contributed by atoms with van der Waals surface area (Å²) in [6.07, 6.45) is 2.58. The molecule has 0 aliphatic heterocycles. The van der Waals surface area contributed by atoms with Crippen LogP contribution in [-0.2, 0) is 22.4 Å². The molecular formula is C12H15N3O4S. The minimum absolute atomic E-state index is 0.00410. The van der Waals surface area contributed by atoms with Gasteiger partial charge in [0, 0.05) is 11.4 Å². The molecule has 0 bridgehead atoms. The number of primary amides is 1. The predicted molar refractivity (Wildman–Crippen MR) is 73.6 cm³/mol. The monoisotopic (exact) mass is 297 g/mol. The highest BCUT2D eigenvalue weighted by Gasteiger charge is 2.27. The zero-order valence-electron chi connectivity index (χ0n) is 10.7. The van der Waals surface area contributed by atoms with Crippen LogP contribution in [0.1, 0.15) is 27.2 Å². The van der Waals surface area contributed by atoms with E-state index in [1.807, 2.05) is 0 Å². The first kappa shape index (κ1) is 14.5. The molecule has 1 aromatic rings. The summed E-state index contributed by atoms with van der Waals surface area (Å²) >= 11 is 1.28. The van der Waals surface area contributed by atoms with E-state index in [-0.39, 0.29) is 13.2 Å². The number of thiophene rings is 1. The molecule has 1 aliphatic carbocycles. The maximum atomic E-state index is 11.7. The van der Waals surface area contributed by atoms with Crippen LogP contribution in [0.4, 0.5) is 5.00 Å². The summed E-state index contributed by atoms with van der Waals surface area (Å²) < 4.78 is 0. The van der Waals surface area contributed by atoms with Gasteiger partial charge in [-0.1, -0.05) is 0 Å². The van der Waals surface area contributed by atoms with Gasteiger partial charge in [-0.3, -0.25) is 14.4 Å². The van der Waals surface area contributed by atoms with E-state index in [0.717, 1.165) is 29.7 Å². The van der Waals surface area contributed by atoms with Gasteiger partial charge in [-0.05, 0) is 24.8 Å². The van der Waals surface area contributed by atoms with Gasteiger partial charge in [-0.15, -0.1) is 11.3 Å². The Morgan fingerprint density at radius 2 is 2.00 bits per heavy atom. The fourth-order valence-electron chi connectivity index (χ4n) is 2.16. The highest BCUT2D eigenvalue weighted by atomic mass is 32.1. The van der Waals surface area contributed by atoms with Crippen LogP contribution in [0.3, 0.4) is 0 Å². The molecule has 20 heavy (non-hydrogen) atoms. The molecule has 0 saturated heterocycles. The molecule has 3 amide bonds. The smallest absolute Gasteiger partial charge is 0.314 e. The summed E-state index contributed by atoms with van der Waals surface area (Å²) in [5.41, 5.74) is 6.54. The van der Waals surface area contributed by atoms with E-state index in [1.54, 1.807) is 0 Å². The number of aliphatic hydroxyl groups excluding tert-OH is 1. The maximum absolute atomic E-state index is 11.7. The van der Waals surface area contributed by atoms with Gasteiger partial charge in [-0.2, -0.15) is 0 Å². The van der Waals surface area contributed by atoms with E-state index < -0.39 is 17.7 Å². The van der Waals surface area contributed by atoms with E-state index in [9.17, 15) is 14.4 Å². The lowest BCUT2D eigenvalue weighted by Crippen LogP contribution is -2.37. The number of fused-ring (bicyclic) bond motifs is 1. The molecular weight excluding hydrogens is 282 g/mol.